The Morgan fingerprint density at radius 1 is 1.12 bits per heavy atom. The third-order valence-electron chi connectivity index (χ3n) is 2.88. The number of anilines is 1. The van der Waals surface area contributed by atoms with Crippen molar-refractivity contribution in [2.75, 3.05) is 11.9 Å². The monoisotopic (exact) mass is 237 g/mol. The second kappa shape index (κ2) is 6.49. The smallest absolute Gasteiger partial charge is 0.243 e. The summed E-state index contributed by atoms with van der Waals surface area (Å²) >= 11 is 0. The first-order valence-corrected chi connectivity index (χ1v) is 6.31. The van der Waals surface area contributed by atoms with Gasteiger partial charge in [-0.15, -0.1) is 5.10 Å². The molecule has 0 aliphatic carbocycles. The average Bonchev–Trinajstić information content (AvgIpc) is 2.35. The molecule has 17 heavy (non-hydrogen) atoms. The Kier molecular flexibility index (Phi) is 5.28. The van der Waals surface area contributed by atoms with Gasteiger partial charge in [-0.3, -0.25) is 0 Å². The lowest BCUT2D eigenvalue weighted by Crippen LogP contribution is -2.34. The van der Waals surface area contributed by atoms with Crippen LogP contribution in [-0.2, 0) is 12.8 Å². The van der Waals surface area contributed by atoms with Gasteiger partial charge in [-0.25, -0.2) is 4.98 Å². The molecular formula is C12H23N5. The predicted molar refractivity (Wildman–Crippen MR) is 69.9 cm³/mol. The summed E-state index contributed by atoms with van der Waals surface area (Å²) in [5, 5.41) is 11.5. The highest BCUT2D eigenvalue weighted by atomic mass is 15.2. The maximum atomic E-state index is 5.71. The minimum Gasteiger partial charge on any atom is -0.349 e. The molecule has 3 N–H and O–H groups in total. The number of nitrogens with two attached hydrogens (primary N) is 1. The van der Waals surface area contributed by atoms with Gasteiger partial charge >= 0.3 is 0 Å². The fraction of sp³-hybridized carbons (Fsp3) is 0.750. The molecule has 1 aromatic rings. The SMILES string of the molecule is CCc1nnc(NC(CN)C(C)C)nc1CC. The summed E-state index contributed by atoms with van der Waals surface area (Å²) in [6, 6.07) is 0.189. The minimum absolute atomic E-state index is 0.189. The first-order chi connectivity index (χ1) is 8.12. The molecule has 1 rings (SSSR count). The van der Waals surface area contributed by atoms with E-state index in [1.807, 2.05) is 0 Å². The van der Waals surface area contributed by atoms with Crippen LogP contribution in [0.5, 0.6) is 0 Å². The Hall–Kier alpha value is -1.23. The Labute approximate surface area is 103 Å². The summed E-state index contributed by atoms with van der Waals surface area (Å²) < 4.78 is 0. The van der Waals surface area contributed by atoms with E-state index in [9.17, 15) is 0 Å². The van der Waals surface area contributed by atoms with Crippen LogP contribution in [0.4, 0.5) is 5.95 Å². The normalized spacial score (nSPS) is 12.8. The van der Waals surface area contributed by atoms with E-state index in [1.54, 1.807) is 0 Å². The average molecular weight is 237 g/mol. The molecule has 5 heteroatoms. The van der Waals surface area contributed by atoms with Crippen molar-refractivity contribution in [2.24, 2.45) is 11.7 Å². The van der Waals surface area contributed by atoms with Crippen molar-refractivity contribution in [3.05, 3.63) is 11.4 Å². The lowest BCUT2D eigenvalue weighted by atomic mass is 10.1. The molecule has 0 saturated heterocycles. The Balaban J connectivity index is 2.85. The van der Waals surface area contributed by atoms with Gasteiger partial charge in [0.05, 0.1) is 11.4 Å². The van der Waals surface area contributed by atoms with E-state index in [2.05, 4.69) is 48.2 Å². The molecule has 5 nitrogen and oxygen atoms in total. The van der Waals surface area contributed by atoms with Crippen LogP contribution in [0, 0.1) is 5.92 Å². The van der Waals surface area contributed by atoms with Crippen LogP contribution in [0.25, 0.3) is 0 Å². The lowest BCUT2D eigenvalue weighted by molar-refractivity contribution is 0.526. The van der Waals surface area contributed by atoms with Gasteiger partial charge in [-0.05, 0) is 18.8 Å². The van der Waals surface area contributed by atoms with Crippen LogP contribution < -0.4 is 11.1 Å². The van der Waals surface area contributed by atoms with Gasteiger partial charge in [-0.1, -0.05) is 27.7 Å². The molecule has 1 heterocycles. The second-order valence-corrected chi connectivity index (χ2v) is 4.47. The van der Waals surface area contributed by atoms with Crippen molar-refractivity contribution in [3.63, 3.8) is 0 Å². The van der Waals surface area contributed by atoms with Crippen molar-refractivity contribution < 1.29 is 0 Å². The summed E-state index contributed by atoms with van der Waals surface area (Å²) in [5.41, 5.74) is 7.71. The van der Waals surface area contributed by atoms with E-state index < -0.39 is 0 Å². The van der Waals surface area contributed by atoms with E-state index in [4.69, 9.17) is 5.73 Å². The molecule has 1 atom stereocenters. The van der Waals surface area contributed by atoms with Crippen molar-refractivity contribution >= 4 is 5.95 Å². The molecule has 0 aromatic carbocycles. The summed E-state index contributed by atoms with van der Waals surface area (Å²) in [6.45, 7) is 8.96. The fourth-order valence-corrected chi connectivity index (χ4v) is 1.66. The Bertz CT molecular complexity index is 351. The van der Waals surface area contributed by atoms with Gasteiger partial charge < -0.3 is 11.1 Å². The molecule has 0 bridgehead atoms. The van der Waals surface area contributed by atoms with Crippen LogP contribution in [0.2, 0.25) is 0 Å². The van der Waals surface area contributed by atoms with Gasteiger partial charge in [0.1, 0.15) is 0 Å². The highest BCUT2D eigenvalue weighted by molar-refractivity contribution is 5.27. The number of hydrogen-bond acceptors (Lipinski definition) is 5. The quantitative estimate of drug-likeness (QED) is 0.782. The molecule has 0 amide bonds. The summed E-state index contributed by atoms with van der Waals surface area (Å²) in [4.78, 5) is 4.49. The number of rotatable bonds is 6. The number of nitrogens with one attached hydrogen (secondary N) is 1. The summed E-state index contributed by atoms with van der Waals surface area (Å²) in [7, 11) is 0. The molecule has 0 aliphatic heterocycles. The molecule has 0 radical (unpaired) electrons. The minimum atomic E-state index is 0.189. The zero-order valence-electron chi connectivity index (χ0n) is 11.2. The van der Waals surface area contributed by atoms with Gasteiger partial charge in [-0.2, -0.15) is 5.10 Å². The summed E-state index contributed by atoms with van der Waals surface area (Å²) in [6.07, 6.45) is 1.75. The zero-order chi connectivity index (χ0) is 12.8. The molecule has 96 valence electrons. The topological polar surface area (TPSA) is 76.7 Å². The van der Waals surface area contributed by atoms with Crippen molar-refractivity contribution in [2.45, 2.75) is 46.6 Å². The molecule has 1 unspecified atom stereocenters. The third kappa shape index (κ3) is 3.63. The number of aromatic nitrogens is 3. The van der Waals surface area contributed by atoms with E-state index in [0.717, 1.165) is 24.2 Å². The van der Waals surface area contributed by atoms with Gasteiger partial charge in [0.25, 0.3) is 0 Å². The van der Waals surface area contributed by atoms with Crippen molar-refractivity contribution in [1.29, 1.82) is 0 Å². The van der Waals surface area contributed by atoms with Gasteiger partial charge in [0, 0.05) is 12.6 Å². The molecule has 0 spiro atoms. The van der Waals surface area contributed by atoms with Crippen LogP contribution >= 0.6 is 0 Å². The lowest BCUT2D eigenvalue weighted by Gasteiger charge is -2.20. The number of hydrogen-bond donors (Lipinski definition) is 2. The van der Waals surface area contributed by atoms with Crippen LogP contribution in [0.3, 0.4) is 0 Å². The highest BCUT2D eigenvalue weighted by Gasteiger charge is 2.13. The van der Waals surface area contributed by atoms with Crippen LogP contribution in [-0.4, -0.2) is 27.8 Å². The largest absolute Gasteiger partial charge is 0.349 e. The van der Waals surface area contributed by atoms with Crippen molar-refractivity contribution in [3.8, 4) is 0 Å². The van der Waals surface area contributed by atoms with Gasteiger partial charge in [0.2, 0.25) is 5.95 Å². The summed E-state index contributed by atoms with van der Waals surface area (Å²) in [5.74, 6) is 1.03. The molecule has 1 aromatic heterocycles. The molecule has 0 aliphatic rings. The van der Waals surface area contributed by atoms with E-state index in [-0.39, 0.29) is 6.04 Å². The van der Waals surface area contributed by atoms with Crippen LogP contribution in [0.15, 0.2) is 0 Å². The Morgan fingerprint density at radius 3 is 2.24 bits per heavy atom. The predicted octanol–water partition coefficient (Wildman–Crippen LogP) is 1.39. The first kappa shape index (κ1) is 13.8. The number of nitrogens with zero attached hydrogens (tertiary/aromatic N) is 3. The maximum Gasteiger partial charge on any atom is 0.243 e. The van der Waals surface area contributed by atoms with E-state index in [1.165, 1.54) is 0 Å². The van der Waals surface area contributed by atoms with Crippen molar-refractivity contribution in [1.82, 2.24) is 15.2 Å². The molecule has 0 saturated carbocycles. The zero-order valence-corrected chi connectivity index (χ0v) is 11.2. The number of aryl methyl sites for hydroxylation is 2. The standard InChI is InChI=1S/C12H23N5/c1-5-9-10(6-2)16-17-12(14-9)15-11(7-13)8(3)4/h8,11H,5-7,13H2,1-4H3,(H,14,15,17). The van der Waals surface area contributed by atoms with E-state index in [0.29, 0.717) is 18.4 Å². The Morgan fingerprint density at radius 2 is 1.76 bits per heavy atom. The van der Waals surface area contributed by atoms with Gasteiger partial charge in [0.15, 0.2) is 0 Å². The maximum absolute atomic E-state index is 5.71. The molecule has 0 fully saturated rings. The first-order valence-electron chi connectivity index (χ1n) is 6.31. The van der Waals surface area contributed by atoms with E-state index >= 15 is 0 Å². The fourth-order valence-electron chi connectivity index (χ4n) is 1.66. The highest BCUT2D eigenvalue weighted by Crippen LogP contribution is 2.10. The molecular weight excluding hydrogens is 214 g/mol. The third-order valence-corrected chi connectivity index (χ3v) is 2.88. The van der Waals surface area contributed by atoms with Crippen LogP contribution in [0.1, 0.15) is 39.1 Å². The second-order valence-electron chi connectivity index (χ2n) is 4.47.